The van der Waals surface area contributed by atoms with Crippen molar-refractivity contribution >= 4 is 41.3 Å². The molecule has 3 rings (SSSR count). The number of benzene rings is 1. The van der Waals surface area contributed by atoms with E-state index in [0.717, 1.165) is 31.0 Å². The van der Waals surface area contributed by atoms with Gasteiger partial charge in [-0.15, -0.1) is 35.3 Å². The lowest BCUT2D eigenvalue weighted by molar-refractivity contribution is -0.0604. The number of rotatable bonds is 4. The van der Waals surface area contributed by atoms with Gasteiger partial charge in [-0.05, 0) is 42.5 Å². The van der Waals surface area contributed by atoms with Crippen molar-refractivity contribution in [3.05, 3.63) is 58.0 Å². The second-order valence-corrected chi connectivity index (χ2v) is 7.23. The van der Waals surface area contributed by atoms with Crippen LogP contribution in [0, 0.1) is 5.82 Å². The molecule has 4 nitrogen and oxygen atoms in total. The zero-order valence-corrected chi connectivity index (χ0v) is 18.2. The molecular formula is C19H25FIN3OS. The summed E-state index contributed by atoms with van der Waals surface area (Å²) in [6.07, 6.45) is 0.984. The minimum Gasteiger partial charge on any atom is -0.367 e. The first kappa shape index (κ1) is 21.1. The van der Waals surface area contributed by atoms with Crippen molar-refractivity contribution in [1.82, 2.24) is 10.2 Å². The van der Waals surface area contributed by atoms with Crippen LogP contribution in [0.5, 0.6) is 0 Å². The summed E-state index contributed by atoms with van der Waals surface area (Å²) in [6.45, 7) is 4.40. The fraction of sp³-hybridized carbons (Fsp3) is 0.421. The first-order chi connectivity index (χ1) is 12.2. The third-order valence-corrected chi connectivity index (χ3v) is 5.18. The molecule has 142 valence electrons. The van der Waals surface area contributed by atoms with Crippen LogP contribution in [-0.4, -0.2) is 43.6 Å². The lowest BCUT2D eigenvalue weighted by atomic mass is 10.1. The molecule has 2 atom stereocenters. The molecule has 1 fully saturated rings. The number of aliphatic imine (C=N–C) groups is 1. The van der Waals surface area contributed by atoms with E-state index < -0.39 is 0 Å². The average Bonchev–Trinajstić information content (AvgIpc) is 3.12. The summed E-state index contributed by atoms with van der Waals surface area (Å²) in [5.74, 6) is 0.661. The molecule has 2 heterocycles. The predicted molar refractivity (Wildman–Crippen MR) is 116 cm³/mol. The molecule has 2 unspecified atom stereocenters. The Hall–Kier alpha value is -1.19. The van der Waals surface area contributed by atoms with Crippen LogP contribution in [0.1, 0.15) is 23.5 Å². The van der Waals surface area contributed by atoms with Crippen LogP contribution >= 0.6 is 35.3 Å². The second kappa shape index (κ2) is 10.2. The van der Waals surface area contributed by atoms with Crippen LogP contribution in [0.15, 0.2) is 46.8 Å². The second-order valence-electron chi connectivity index (χ2n) is 6.20. The topological polar surface area (TPSA) is 36.9 Å². The summed E-state index contributed by atoms with van der Waals surface area (Å²) in [5, 5.41) is 5.54. The third-order valence-electron chi connectivity index (χ3n) is 4.25. The number of guanidine groups is 1. The quantitative estimate of drug-likeness (QED) is 0.400. The van der Waals surface area contributed by atoms with Gasteiger partial charge < -0.3 is 15.0 Å². The van der Waals surface area contributed by atoms with E-state index in [1.54, 1.807) is 30.5 Å². The molecule has 0 saturated carbocycles. The van der Waals surface area contributed by atoms with Crippen molar-refractivity contribution in [3.63, 3.8) is 0 Å². The number of nitrogens with one attached hydrogen (secondary N) is 1. The van der Waals surface area contributed by atoms with Crippen molar-refractivity contribution < 1.29 is 9.13 Å². The maximum Gasteiger partial charge on any atom is 0.193 e. The van der Waals surface area contributed by atoms with E-state index in [-0.39, 0.29) is 42.0 Å². The Labute approximate surface area is 175 Å². The largest absolute Gasteiger partial charge is 0.367 e. The predicted octanol–water partition coefficient (Wildman–Crippen LogP) is 4.09. The molecule has 0 radical (unpaired) electrons. The van der Waals surface area contributed by atoms with Crippen LogP contribution < -0.4 is 5.32 Å². The fourth-order valence-corrected chi connectivity index (χ4v) is 3.78. The molecule has 26 heavy (non-hydrogen) atoms. The van der Waals surface area contributed by atoms with E-state index in [0.29, 0.717) is 6.54 Å². The maximum absolute atomic E-state index is 13.2. The molecule has 0 aliphatic carbocycles. The number of morpholine rings is 1. The molecule has 1 aliphatic rings. The van der Waals surface area contributed by atoms with Gasteiger partial charge in [0.15, 0.2) is 5.96 Å². The van der Waals surface area contributed by atoms with E-state index in [4.69, 9.17) is 4.74 Å². The van der Waals surface area contributed by atoms with Gasteiger partial charge in [0.05, 0.1) is 12.6 Å². The van der Waals surface area contributed by atoms with Gasteiger partial charge in [0.2, 0.25) is 0 Å². The van der Waals surface area contributed by atoms with Gasteiger partial charge in [-0.25, -0.2) is 4.39 Å². The average molecular weight is 489 g/mol. The number of ether oxygens (including phenoxy) is 1. The monoisotopic (exact) mass is 489 g/mol. The minimum absolute atomic E-state index is 0. The summed E-state index contributed by atoms with van der Waals surface area (Å²) in [6, 6.07) is 10.8. The Balaban J connectivity index is 0.00000243. The van der Waals surface area contributed by atoms with Gasteiger partial charge in [0.1, 0.15) is 11.9 Å². The van der Waals surface area contributed by atoms with Crippen LogP contribution in [0.3, 0.4) is 0 Å². The molecule has 0 bridgehead atoms. The molecule has 1 N–H and O–H groups in total. The van der Waals surface area contributed by atoms with E-state index in [2.05, 4.69) is 39.6 Å². The summed E-state index contributed by atoms with van der Waals surface area (Å²) in [7, 11) is 1.81. The molecule has 0 spiro atoms. The highest BCUT2D eigenvalue weighted by Crippen LogP contribution is 2.25. The standard InChI is InChI=1S/C19H24FN3OS.HI/c1-14-12-23(13-18(24-14)15-5-7-16(20)8-6-15)19(21-2)22-10-9-17-4-3-11-25-17;/h3-8,11,14,18H,9-10,12-13H2,1-2H3,(H,21,22);1H. The fourth-order valence-electron chi connectivity index (χ4n) is 3.07. The third kappa shape index (κ3) is 5.65. The first-order valence-electron chi connectivity index (χ1n) is 8.54. The van der Waals surface area contributed by atoms with Crippen LogP contribution in [-0.2, 0) is 11.2 Å². The van der Waals surface area contributed by atoms with Gasteiger partial charge in [0, 0.05) is 25.0 Å². The number of hydrogen-bond acceptors (Lipinski definition) is 3. The Morgan fingerprint density at radius 1 is 1.31 bits per heavy atom. The molecule has 1 saturated heterocycles. The molecule has 2 aromatic rings. The number of halogens is 2. The SMILES string of the molecule is CN=C(NCCc1cccs1)N1CC(C)OC(c2ccc(F)cc2)C1.I. The van der Waals surface area contributed by atoms with Crippen molar-refractivity contribution in [2.45, 2.75) is 25.6 Å². The highest BCUT2D eigenvalue weighted by molar-refractivity contribution is 14.0. The zero-order chi connectivity index (χ0) is 17.6. The van der Waals surface area contributed by atoms with Crippen LogP contribution in [0.4, 0.5) is 4.39 Å². The maximum atomic E-state index is 13.2. The highest BCUT2D eigenvalue weighted by Gasteiger charge is 2.28. The Kier molecular flexibility index (Phi) is 8.30. The lowest BCUT2D eigenvalue weighted by Gasteiger charge is -2.38. The van der Waals surface area contributed by atoms with Gasteiger partial charge in [-0.1, -0.05) is 18.2 Å². The van der Waals surface area contributed by atoms with Gasteiger partial charge in [0.25, 0.3) is 0 Å². The van der Waals surface area contributed by atoms with Crippen molar-refractivity contribution in [2.24, 2.45) is 4.99 Å². The Bertz CT molecular complexity index is 693. The zero-order valence-electron chi connectivity index (χ0n) is 15.0. The first-order valence-corrected chi connectivity index (χ1v) is 9.42. The van der Waals surface area contributed by atoms with Crippen molar-refractivity contribution in [1.29, 1.82) is 0 Å². The van der Waals surface area contributed by atoms with Crippen LogP contribution in [0.2, 0.25) is 0 Å². The summed E-state index contributed by atoms with van der Waals surface area (Å²) in [4.78, 5) is 8.01. The normalized spacial score (nSPS) is 20.6. The molecule has 1 aromatic carbocycles. The molecule has 1 aliphatic heterocycles. The van der Waals surface area contributed by atoms with Gasteiger partial charge >= 0.3 is 0 Å². The number of nitrogens with zero attached hydrogens (tertiary/aromatic N) is 2. The Morgan fingerprint density at radius 2 is 2.08 bits per heavy atom. The summed E-state index contributed by atoms with van der Waals surface area (Å²) in [5.41, 5.74) is 0.993. The van der Waals surface area contributed by atoms with Crippen molar-refractivity contribution in [2.75, 3.05) is 26.7 Å². The molecule has 1 aromatic heterocycles. The summed E-state index contributed by atoms with van der Waals surface area (Å²) >= 11 is 1.77. The lowest BCUT2D eigenvalue weighted by Crippen LogP contribution is -2.51. The minimum atomic E-state index is -0.226. The van der Waals surface area contributed by atoms with E-state index in [1.165, 1.54) is 17.0 Å². The highest BCUT2D eigenvalue weighted by atomic mass is 127. The smallest absolute Gasteiger partial charge is 0.193 e. The summed E-state index contributed by atoms with van der Waals surface area (Å²) < 4.78 is 19.2. The van der Waals surface area contributed by atoms with Gasteiger partial charge in [-0.3, -0.25) is 4.99 Å². The molecule has 7 heteroatoms. The van der Waals surface area contributed by atoms with Crippen molar-refractivity contribution in [3.8, 4) is 0 Å². The number of hydrogen-bond donors (Lipinski definition) is 1. The van der Waals surface area contributed by atoms with E-state index in [1.807, 2.05) is 0 Å². The molecule has 0 amide bonds. The Morgan fingerprint density at radius 3 is 2.73 bits per heavy atom. The van der Waals surface area contributed by atoms with Crippen LogP contribution in [0.25, 0.3) is 0 Å². The van der Waals surface area contributed by atoms with Gasteiger partial charge in [-0.2, -0.15) is 0 Å². The van der Waals surface area contributed by atoms with E-state index >= 15 is 0 Å². The number of thiophene rings is 1. The van der Waals surface area contributed by atoms with E-state index in [9.17, 15) is 4.39 Å². The molecular weight excluding hydrogens is 464 g/mol.